The number of nitrogens with one attached hydrogen (secondary N) is 1. The summed E-state index contributed by atoms with van der Waals surface area (Å²) in [5.41, 5.74) is 0. The summed E-state index contributed by atoms with van der Waals surface area (Å²) in [6.07, 6.45) is 4.80. The second-order valence-electron chi connectivity index (χ2n) is 5.54. The van der Waals surface area contributed by atoms with Gasteiger partial charge in [0.15, 0.2) is 0 Å². The summed E-state index contributed by atoms with van der Waals surface area (Å²) >= 11 is 0. The van der Waals surface area contributed by atoms with Crippen LogP contribution in [-0.2, 0) is 4.79 Å². The fourth-order valence-corrected chi connectivity index (χ4v) is 3.21. The fraction of sp³-hybridized carbons (Fsp3) is 0.857. The topological polar surface area (TPSA) is 59.4 Å². The van der Waals surface area contributed by atoms with Crippen LogP contribution in [0.5, 0.6) is 0 Å². The lowest BCUT2D eigenvalue weighted by atomic mass is 10.0. The molecule has 5 heteroatoms. The summed E-state index contributed by atoms with van der Waals surface area (Å²) in [7, 11) is 1.82. The molecule has 1 atom stereocenters. The quantitative estimate of drug-likeness (QED) is 0.807. The summed E-state index contributed by atoms with van der Waals surface area (Å²) in [4.78, 5) is 16.6. The first-order chi connectivity index (χ1) is 9.24. The van der Waals surface area contributed by atoms with Crippen molar-refractivity contribution < 1.29 is 4.79 Å². The molecule has 2 fully saturated rings. The minimum Gasteiger partial charge on any atom is -0.343 e. The van der Waals surface area contributed by atoms with Crippen LogP contribution < -0.4 is 5.32 Å². The van der Waals surface area contributed by atoms with E-state index in [1.165, 1.54) is 0 Å². The normalized spacial score (nSPS) is 25.2. The highest BCUT2D eigenvalue weighted by Crippen LogP contribution is 2.25. The van der Waals surface area contributed by atoms with E-state index < -0.39 is 0 Å². The Morgan fingerprint density at radius 3 is 2.84 bits per heavy atom. The van der Waals surface area contributed by atoms with Crippen LogP contribution in [-0.4, -0.2) is 61.0 Å². The minimum atomic E-state index is 0.0480. The van der Waals surface area contributed by atoms with Crippen molar-refractivity contribution in [2.24, 2.45) is 0 Å². The third-order valence-corrected chi connectivity index (χ3v) is 4.29. The molecule has 19 heavy (non-hydrogen) atoms. The van der Waals surface area contributed by atoms with Crippen molar-refractivity contribution in [3.05, 3.63) is 0 Å². The number of hydrogen-bond acceptors (Lipinski definition) is 4. The van der Waals surface area contributed by atoms with E-state index in [4.69, 9.17) is 5.26 Å². The van der Waals surface area contributed by atoms with Gasteiger partial charge in [-0.2, -0.15) is 5.26 Å². The Kier molecular flexibility index (Phi) is 5.17. The maximum Gasteiger partial charge on any atom is 0.239 e. The molecule has 0 spiro atoms. The number of likely N-dealkylation sites (N-methyl/N-ethyl adjacent to an activating group) is 1. The molecule has 0 aromatic rings. The average molecular weight is 264 g/mol. The van der Waals surface area contributed by atoms with Crippen molar-refractivity contribution in [2.75, 3.05) is 33.2 Å². The summed E-state index contributed by atoms with van der Waals surface area (Å²) in [6.45, 7) is 3.72. The molecule has 0 aromatic heterocycles. The number of amides is 1. The van der Waals surface area contributed by atoms with Gasteiger partial charge in [0.1, 0.15) is 0 Å². The van der Waals surface area contributed by atoms with Crippen LogP contribution in [0.2, 0.25) is 0 Å². The first kappa shape index (κ1) is 14.3. The van der Waals surface area contributed by atoms with E-state index in [2.05, 4.69) is 16.3 Å². The molecular weight excluding hydrogens is 240 g/mol. The van der Waals surface area contributed by atoms with Crippen LogP contribution >= 0.6 is 0 Å². The number of hydrogen-bond donors (Lipinski definition) is 1. The first-order valence-corrected chi connectivity index (χ1v) is 7.32. The second kappa shape index (κ2) is 6.88. The van der Waals surface area contributed by atoms with Crippen LogP contribution in [0.15, 0.2) is 0 Å². The van der Waals surface area contributed by atoms with E-state index in [-0.39, 0.29) is 11.9 Å². The van der Waals surface area contributed by atoms with Crippen LogP contribution in [0.1, 0.15) is 32.1 Å². The smallest absolute Gasteiger partial charge is 0.239 e. The molecule has 2 rings (SSSR count). The zero-order valence-electron chi connectivity index (χ0n) is 11.8. The summed E-state index contributed by atoms with van der Waals surface area (Å²) in [5.74, 6) is 0.200. The van der Waals surface area contributed by atoms with E-state index in [0.717, 1.165) is 45.3 Å². The largest absolute Gasteiger partial charge is 0.343 e. The maximum atomic E-state index is 12.5. The molecule has 0 aromatic carbocycles. The number of carbonyl (C=O) groups excluding carboxylic acids is 1. The van der Waals surface area contributed by atoms with Crippen LogP contribution in [0.3, 0.4) is 0 Å². The zero-order valence-corrected chi connectivity index (χ0v) is 11.8. The molecule has 106 valence electrons. The Morgan fingerprint density at radius 1 is 1.42 bits per heavy atom. The Morgan fingerprint density at radius 2 is 2.16 bits per heavy atom. The molecule has 2 aliphatic heterocycles. The number of nitriles is 1. The van der Waals surface area contributed by atoms with Gasteiger partial charge >= 0.3 is 0 Å². The highest BCUT2D eigenvalue weighted by atomic mass is 16.2. The molecule has 0 radical (unpaired) electrons. The van der Waals surface area contributed by atoms with E-state index in [0.29, 0.717) is 19.0 Å². The molecule has 2 heterocycles. The lowest BCUT2D eigenvalue weighted by Crippen LogP contribution is -2.51. The Balaban J connectivity index is 1.93. The lowest BCUT2D eigenvalue weighted by molar-refractivity contribution is -0.135. The van der Waals surface area contributed by atoms with E-state index >= 15 is 0 Å². The molecule has 1 unspecified atom stereocenters. The second-order valence-corrected chi connectivity index (χ2v) is 5.54. The molecular formula is C14H24N4O. The van der Waals surface area contributed by atoms with Crippen molar-refractivity contribution in [1.82, 2.24) is 15.1 Å². The van der Waals surface area contributed by atoms with Gasteiger partial charge in [0.25, 0.3) is 0 Å². The number of piperidine rings is 1. The highest BCUT2D eigenvalue weighted by molar-refractivity contribution is 5.82. The van der Waals surface area contributed by atoms with E-state index in [9.17, 15) is 4.79 Å². The molecule has 5 nitrogen and oxygen atoms in total. The number of rotatable bonds is 4. The molecule has 2 aliphatic rings. The van der Waals surface area contributed by atoms with Gasteiger partial charge in [-0.15, -0.1) is 0 Å². The Hall–Kier alpha value is -1.12. The van der Waals surface area contributed by atoms with Gasteiger partial charge < -0.3 is 10.2 Å². The first-order valence-electron chi connectivity index (χ1n) is 7.32. The van der Waals surface area contributed by atoms with Crippen molar-refractivity contribution in [1.29, 1.82) is 5.26 Å². The fourth-order valence-electron chi connectivity index (χ4n) is 3.21. The summed E-state index contributed by atoms with van der Waals surface area (Å²) in [5, 5.41) is 12.0. The van der Waals surface area contributed by atoms with Gasteiger partial charge in [-0.05, 0) is 45.3 Å². The monoisotopic (exact) mass is 264 g/mol. The van der Waals surface area contributed by atoms with Gasteiger partial charge in [0.2, 0.25) is 5.91 Å². The Bertz CT molecular complexity index is 346. The molecule has 0 bridgehead atoms. The average Bonchev–Trinajstić information content (AvgIpc) is 2.94. The molecule has 0 saturated carbocycles. The highest BCUT2D eigenvalue weighted by Gasteiger charge is 2.36. The minimum absolute atomic E-state index is 0.0480. The van der Waals surface area contributed by atoms with Crippen molar-refractivity contribution in [3.63, 3.8) is 0 Å². The summed E-state index contributed by atoms with van der Waals surface area (Å²) in [6, 6.07) is 2.71. The van der Waals surface area contributed by atoms with Crippen LogP contribution in [0.25, 0.3) is 0 Å². The van der Waals surface area contributed by atoms with Gasteiger partial charge in [-0.3, -0.25) is 9.69 Å². The lowest BCUT2D eigenvalue weighted by Gasteiger charge is -2.36. The van der Waals surface area contributed by atoms with E-state index in [1.807, 2.05) is 7.05 Å². The predicted molar refractivity (Wildman–Crippen MR) is 73.5 cm³/mol. The summed E-state index contributed by atoms with van der Waals surface area (Å²) < 4.78 is 0. The number of likely N-dealkylation sites (tertiary alicyclic amines) is 1. The van der Waals surface area contributed by atoms with E-state index in [1.54, 1.807) is 4.90 Å². The van der Waals surface area contributed by atoms with Crippen LogP contribution in [0, 0.1) is 11.3 Å². The van der Waals surface area contributed by atoms with Crippen molar-refractivity contribution in [3.8, 4) is 6.07 Å². The number of carbonyl (C=O) groups is 1. The standard InChI is InChI=1S/C14H24N4O/c1-17(10-3-7-15)14(19)13-4-2-11-18(13)12-5-8-16-9-6-12/h12-13,16H,2-6,8-11H2,1H3. The van der Waals surface area contributed by atoms with Crippen molar-refractivity contribution in [2.45, 2.75) is 44.2 Å². The van der Waals surface area contributed by atoms with Crippen LogP contribution in [0.4, 0.5) is 0 Å². The molecule has 2 saturated heterocycles. The third kappa shape index (κ3) is 3.46. The zero-order chi connectivity index (χ0) is 13.7. The van der Waals surface area contributed by atoms with Gasteiger partial charge in [-0.1, -0.05) is 0 Å². The molecule has 1 amide bonds. The molecule has 1 N–H and O–H groups in total. The molecule has 0 aliphatic carbocycles. The van der Waals surface area contributed by atoms with Crippen molar-refractivity contribution >= 4 is 5.91 Å². The number of nitrogens with zero attached hydrogens (tertiary/aromatic N) is 3. The SMILES string of the molecule is CN(CCC#N)C(=O)C1CCCN1C1CCNCC1. The van der Waals surface area contributed by atoms with Gasteiger partial charge in [-0.25, -0.2) is 0 Å². The van der Waals surface area contributed by atoms with Gasteiger partial charge in [0, 0.05) is 19.6 Å². The third-order valence-electron chi connectivity index (χ3n) is 4.29. The maximum absolute atomic E-state index is 12.5. The predicted octanol–water partition coefficient (Wildman–Crippen LogP) is 0.575. The van der Waals surface area contributed by atoms with Gasteiger partial charge in [0.05, 0.1) is 18.5 Å². The Labute approximate surface area is 115 Å².